The minimum Gasteiger partial charge on any atom is -0.383 e. The zero-order valence-corrected chi connectivity index (χ0v) is 11.9. The first-order valence-corrected chi connectivity index (χ1v) is 7.26. The molecule has 0 saturated heterocycles. The summed E-state index contributed by atoms with van der Waals surface area (Å²) in [6.45, 7) is 9.87. The molecule has 2 unspecified atom stereocenters. The summed E-state index contributed by atoms with van der Waals surface area (Å²) in [5.41, 5.74) is 0. The maximum absolute atomic E-state index is 5.18. The number of nitrogens with zero attached hydrogens (tertiary/aromatic N) is 1. The SMILES string of the molecule is CCNC1CCCCC1CN(CC)CCOC. The molecule has 1 aliphatic carbocycles. The highest BCUT2D eigenvalue weighted by atomic mass is 16.5. The van der Waals surface area contributed by atoms with Gasteiger partial charge in [-0.2, -0.15) is 0 Å². The van der Waals surface area contributed by atoms with Crippen molar-refractivity contribution >= 4 is 0 Å². The molecule has 3 heteroatoms. The molecule has 1 rings (SSSR count). The molecular formula is C14H30N2O. The predicted molar refractivity (Wildman–Crippen MR) is 73.4 cm³/mol. The van der Waals surface area contributed by atoms with E-state index in [1.807, 2.05) is 0 Å². The molecule has 1 saturated carbocycles. The standard InChI is InChI=1S/C14H30N2O/c1-4-15-14-9-7-6-8-13(14)12-16(5-2)10-11-17-3/h13-15H,4-12H2,1-3H3. The second kappa shape index (κ2) is 8.90. The van der Waals surface area contributed by atoms with Gasteiger partial charge in [-0.05, 0) is 31.8 Å². The fourth-order valence-electron chi connectivity index (χ4n) is 2.89. The topological polar surface area (TPSA) is 24.5 Å². The van der Waals surface area contributed by atoms with Crippen LogP contribution in [0.3, 0.4) is 0 Å². The minimum absolute atomic E-state index is 0.741. The Morgan fingerprint density at radius 3 is 2.65 bits per heavy atom. The zero-order valence-electron chi connectivity index (χ0n) is 11.9. The average molecular weight is 242 g/mol. The molecule has 1 N–H and O–H groups in total. The van der Waals surface area contributed by atoms with Gasteiger partial charge in [-0.15, -0.1) is 0 Å². The number of nitrogens with one attached hydrogen (secondary N) is 1. The Morgan fingerprint density at radius 1 is 1.24 bits per heavy atom. The maximum Gasteiger partial charge on any atom is 0.0589 e. The van der Waals surface area contributed by atoms with E-state index in [0.29, 0.717) is 0 Å². The van der Waals surface area contributed by atoms with Crippen molar-refractivity contribution in [1.82, 2.24) is 10.2 Å². The van der Waals surface area contributed by atoms with Gasteiger partial charge < -0.3 is 15.0 Å². The molecule has 2 atom stereocenters. The summed E-state index contributed by atoms with van der Waals surface area (Å²) < 4.78 is 5.18. The van der Waals surface area contributed by atoms with Crippen LogP contribution in [0.1, 0.15) is 39.5 Å². The van der Waals surface area contributed by atoms with Crippen molar-refractivity contribution in [3.63, 3.8) is 0 Å². The van der Waals surface area contributed by atoms with E-state index in [1.54, 1.807) is 7.11 Å². The molecule has 1 aliphatic rings. The molecule has 3 nitrogen and oxygen atoms in total. The van der Waals surface area contributed by atoms with Crippen LogP contribution >= 0.6 is 0 Å². The molecular weight excluding hydrogens is 212 g/mol. The second-order valence-corrected chi connectivity index (χ2v) is 5.09. The van der Waals surface area contributed by atoms with Crippen LogP contribution in [-0.4, -0.2) is 50.8 Å². The van der Waals surface area contributed by atoms with Crippen LogP contribution in [0.25, 0.3) is 0 Å². The van der Waals surface area contributed by atoms with Crippen molar-refractivity contribution < 1.29 is 4.74 Å². The van der Waals surface area contributed by atoms with Crippen molar-refractivity contribution in [1.29, 1.82) is 0 Å². The van der Waals surface area contributed by atoms with Crippen LogP contribution in [0.5, 0.6) is 0 Å². The van der Waals surface area contributed by atoms with Crippen LogP contribution in [0, 0.1) is 5.92 Å². The van der Waals surface area contributed by atoms with Gasteiger partial charge in [0.15, 0.2) is 0 Å². The Hall–Kier alpha value is -0.120. The largest absolute Gasteiger partial charge is 0.383 e. The number of rotatable bonds is 8. The van der Waals surface area contributed by atoms with Gasteiger partial charge >= 0.3 is 0 Å². The average Bonchev–Trinajstić information content (AvgIpc) is 2.36. The number of hydrogen-bond acceptors (Lipinski definition) is 3. The fraction of sp³-hybridized carbons (Fsp3) is 1.00. The van der Waals surface area contributed by atoms with Crippen LogP contribution in [0.4, 0.5) is 0 Å². The van der Waals surface area contributed by atoms with Gasteiger partial charge in [-0.3, -0.25) is 0 Å². The number of ether oxygens (including phenoxy) is 1. The third-order valence-electron chi connectivity index (χ3n) is 3.93. The minimum atomic E-state index is 0.741. The van der Waals surface area contributed by atoms with Gasteiger partial charge in [0.25, 0.3) is 0 Å². The zero-order chi connectivity index (χ0) is 12.5. The molecule has 0 amide bonds. The Morgan fingerprint density at radius 2 is 2.00 bits per heavy atom. The molecule has 0 spiro atoms. The first-order chi connectivity index (χ1) is 8.31. The highest BCUT2D eigenvalue weighted by molar-refractivity contribution is 4.82. The van der Waals surface area contributed by atoms with E-state index < -0.39 is 0 Å². The lowest BCUT2D eigenvalue weighted by atomic mass is 9.84. The molecule has 0 aromatic rings. The third kappa shape index (κ3) is 5.36. The molecule has 0 aliphatic heterocycles. The van der Waals surface area contributed by atoms with Gasteiger partial charge in [0.1, 0.15) is 0 Å². The smallest absolute Gasteiger partial charge is 0.0589 e. The van der Waals surface area contributed by atoms with E-state index in [0.717, 1.165) is 38.2 Å². The van der Waals surface area contributed by atoms with Crippen molar-refractivity contribution in [2.45, 2.75) is 45.6 Å². The second-order valence-electron chi connectivity index (χ2n) is 5.09. The Kier molecular flexibility index (Phi) is 7.82. The van der Waals surface area contributed by atoms with Crippen molar-refractivity contribution in [2.24, 2.45) is 5.92 Å². The Labute approximate surface area is 107 Å². The van der Waals surface area contributed by atoms with E-state index in [2.05, 4.69) is 24.1 Å². The van der Waals surface area contributed by atoms with Crippen LogP contribution in [-0.2, 0) is 4.74 Å². The first-order valence-electron chi connectivity index (χ1n) is 7.26. The summed E-state index contributed by atoms with van der Waals surface area (Å²) in [5.74, 6) is 0.834. The molecule has 0 heterocycles. The molecule has 0 aromatic carbocycles. The van der Waals surface area contributed by atoms with Crippen LogP contribution < -0.4 is 5.32 Å². The van der Waals surface area contributed by atoms with Crippen LogP contribution in [0.15, 0.2) is 0 Å². The summed E-state index contributed by atoms with van der Waals surface area (Å²) in [4.78, 5) is 2.53. The monoisotopic (exact) mass is 242 g/mol. The van der Waals surface area contributed by atoms with Gasteiger partial charge in [-0.25, -0.2) is 0 Å². The normalized spacial score (nSPS) is 25.4. The van der Waals surface area contributed by atoms with Crippen molar-refractivity contribution in [2.75, 3.05) is 39.9 Å². The van der Waals surface area contributed by atoms with E-state index in [1.165, 1.54) is 32.2 Å². The number of likely N-dealkylation sites (N-methyl/N-ethyl adjacent to an activating group) is 1. The quantitative estimate of drug-likeness (QED) is 0.705. The summed E-state index contributed by atoms with van der Waals surface area (Å²) in [6, 6.07) is 0.741. The fourth-order valence-corrected chi connectivity index (χ4v) is 2.89. The molecule has 17 heavy (non-hydrogen) atoms. The number of methoxy groups -OCH3 is 1. The lowest BCUT2D eigenvalue weighted by molar-refractivity contribution is 0.122. The molecule has 0 bridgehead atoms. The predicted octanol–water partition coefficient (Wildman–Crippen LogP) is 2.12. The van der Waals surface area contributed by atoms with E-state index in [4.69, 9.17) is 4.74 Å². The highest BCUT2D eigenvalue weighted by Crippen LogP contribution is 2.25. The maximum atomic E-state index is 5.18. The molecule has 0 aromatic heterocycles. The molecule has 0 radical (unpaired) electrons. The van der Waals surface area contributed by atoms with E-state index in [9.17, 15) is 0 Å². The highest BCUT2D eigenvalue weighted by Gasteiger charge is 2.25. The van der Waals surface area contributed by atoms with E-state index in [-0.39, 0.29) is 0 Å². The Bertz CT molecular complexity index is 185. The summed E-state index contributed by atoms with van der Waals surface area (Å²) >= 11 is 0. The lowest BCUT2D eigenvalue weighted by Crippen LogP contribution is -2.44. The van der Waals surface area contributed by atoms with Crippen molar-refractivity contribution in [3.8, 4) is 0 Å². The van der Waals surface area contributed by atoms with Gasteiger partial charge in [0, 0.05) is 26.2 Å². The Balaban J connectivity index is 2.38. The summed E-state index contributed by atoms with van der Waals surface area (Å²) in [6.07, 6.45) is 5.56. The van der Waals surface area contributed by atoms with Gasteiger partial charge in [0.2, 0.25) is 0 Å². The van der Waals surface area contributed by atoms with E-state index >= 15 is 0 Å². The molecule has 1 fully saturated rings. The lowest BCUT2D eigenvalue weighted by Gasteiger charge is -2.35. The van der Waals surface area contributed by atoms with Crippen molar-refractivity contribution in [3.05, 3.63) is 0 Å². The third-order valence-corrected chi connectivity index (χ3v) is 3.93. The first kappa shape index (κ1) is 14.9. The van der Waals surface area contributed by atoms with Gasteiger partial charge in [0.05, 0.1) is 6.61 Å². The number of hydrogen-bond donors (Lipinski definition) is 1. The molecule has 102 valence electrons. The summed E-state index contributed by atoms with van der Waals surface area (Å²) in [7, 11) is 1.79. The summed E-state index contributed by atoms with van der Waals surface area (Å²) in [5, 5.41) is 3.66. The van der Waals surface area contributed by atoms with Gasteiger partial charge in [-0.1, -0.05) is 26.7 Å². The van der Waals surface area contributed by atoms with Crippen LogP contribution in [0.2, 0.25) is 0 Å².